The monoisotopic (exact) mass is 567 g/mol. The SMILES string of the molecule is CC(F)Cn1cc(-c2ccc3c(Oc4ccc(NC(=O)C5(C(=O)Nc6ccc(F)cc6)CC5)cc4)ccnc3c2)cn1. The minimum Gasteiger partial charge on any atom is -0.457 e. The second-order valence-electron chi connectivity index (χ2n) is 10.4. The molecule has 0 spiro atoms. The molecule has 0 saturated heterocycles. The lowest BCUT2D eigenvalue weighted by Gasteiger charge is -2.16. The van der Waals surface area contributed by atoms with Crippen LogP contribution in [0.2, 0.25) is 0 Å². The molecule has 1 unspecified atom stereocenters. The van der Waals surface area contributed by atoms with Crippen LogP contribution < -0.4 is 15.4 Å². The maximum Gasteiger partial charge on any atom is 0.240 e. The number of carbonyl (C=O) groups excluding carboxylic acids is 2. The van der Waals surface area contributed by atoms with Crippen molar-refractivity contribution in [1.29, 1.82) is 0 Å². The number of hydrogen-bond donors (Lipinski definition) is 2. The number of aromatic nitrogens is 3. The van der Waals surface area contributed by atoms with Gasteiger partial charge in [-0.15, -0.1) is 0 Å². The van der Waals surface area contributed by atoms with Crippen LogP contribution in [0.15, 0.2) is 91.4 Å². The van der Waals surface area contributed by atoms with Crippen LogP contribution in [0, 0.1) is 11.2 Å². The molecule has 0 bridgehead atoms. The number of nitrogens with zero attached hydrogens (tertiary/aromatic N) is 3. The first-order chi connectivity index (χ1) is 20.3. The first kappa shape index (κ1) is 27.1. The van der Waals surface area contributed by atoms with Crippen molar-refractivity contribution in [2.75, 3.05) is 10.6 Å². The molecule has 5 aromatic rings. The highest BCUT2D eigenvalue weighted by Crippen LogP contribution is 2.47. The predicted octanol–water partition coefficient (Wildman–Crippen LogP) is 6.75. The van der Waals surface area contributed by atoms with E-state index in [1.54, 1.807) is 53.6 Å². The topological polar surface area (TPSA) is 98.1 Å². The van der Waals surface area contributed by atoms with Crippen molar-refractivity contribution in [1.82, 2.24) is 14.8 Å². The van der Waals surface area contributed by atoms with Crippen molar-refractivity contribution in [2.45, 2.75) is 32.5 Å². The molecule has 2 N–H and O–H groups in total. The van der Waals surface area contributed by atoms with Crippen molar-refractivity contribution in [3.8, 4) is 22.6 Å². The molecule has 0 radical (unpaired) electrons. The molecule has 0 aliphatic heterocycles. The molecule has 1 saturated carbocycles. The summed E-state index contributed by atoms with van der Waals surface area (Å²) in [6, 6.07) is 19.8. The average molecular weight is 568 g/mol. The van der Waals surface area contributed by atoms with Gasteiger partial charge in [0, 0.05) is 34.7 Å². The summed E-state index contributed by atoms with van der Waals surface area (Å²) in [4.78, 5) is 30.3. The predicted molar refractivity (Wildman–Crippen MR) is 155 cm³/mol. The van der Waals surface area contributed by atoms with Gasteiger partial charge in [0.15, 0.2) is 0 Å². The van der Waals surface area contributed by atoms with Gasteiger partial charge in [-0.1, -0.05) is 6.07 Å². The molecule has 2 heterocycles. The van der Waals surface area contributed by atoms with E-state index < -0.39 is 29.2 Å². The molecule has 212 valence electrons. The quantitative estimate of drug-likeness (QED) is 0.192. The van der Waals surface area contributed by atoms with Crippen LogP contribution in [-0.2, 0) is 16.1 Å². The van der Waals surface area contributed by atoms with E-state index in [9.17, 15) is 18.4 Å². The lowest BCUT2D eigenvalue weighted by Crippen LogP contribution is -2.35. The van der Waals surface area contributed by atoms with E-state index in [0.29, 0.717) is 35.7 Å². The molecule has 1 fully saturated rings. The van der Waals surface area contributed by atoms with Gasteiger partial charge in [0.1, 0.15) is 28.9 Å². The van der Waals surface area contributed by atoms with Crippen molar-refractivity contribution in [3.63, 3.8) is 0 Å². The molecule has 8 nitrogen and oxygen atoms in total. The summed E-state index contributed by atoms with van der Waals surface area (Å²) in [7, 11) is 0. The molecule has 6 rings (SSSR count). The Morgan fingerprint density at radius 3 is 2.26 bits per heavy atom. The zero-order valence-electron chi connectivity index (χ0n) is 22.7. The van der Waals surface area contributed by atoms with Crippen molar-refractivity contribution in [3.05, 3.63) is 97.2 Å². The molecule has 1 aliphatic rings. The summed E-state index contributed by atoms with van der Waals surface area (Å²) in [6.45, 7) is 1.69. The number of alkyl halides is 1. The van der Waals surface area contributed by atoms with Crippen LogP contribution in [0.3, 0.4) is 0 Å². The van der Waals surface area contributed by atoms with Crippen LogP contribution in [0.4, 0.5) is 20.2 Å². The smallest absolute Gasteiger partial charge is 0.240 e. The zero-order valence-corrected chi connectivity index (χ0v) is 22.7. The summed E-state index contributed by atoms with van der Waals surface area (Å²) >= 11 is 0. The van der Waals surface area contributed by atoms with Gasteiger partial charge in [-0.25, -0.2) is 8.78 Å². The average Bonchev–Trinajstić information content (AvgIpc) is 3.68. The largest absolute Gasteiger partial charge is 0.457 e. The molecule has 42 heavy (non-hydrogen) atoms. The third-order valence-corrected chi connectivity index (χ3v) is 7.17. The van der Waals surface area contributed by atoms with Gasteiger partial charge in [-0.05, 0) is 92.1 Å². The third-order valence-electron chi connectivity index (χ3n) is 7.17. The van der Waals surface area contributed by atoms with Crippen LogP contribution in [0.5, 0.6) is 11.5 Å². The number of halogens is 2. The fourth-order valence-corrected chi connectivity index (χ4v) is 4.71. The highest BCUT2D eigenvalue weighted by atomic mass is 19.1. The Morgan fingerprint density at radius 2 is 1.62 bits per heavy atom. The normalized spacial score (nSPS) is 14.3. The van der Waals surface area contributed by atoms with Crippen LogP contribution in [-0.4, -0.2) is 32.8 Å². The van der Waals surface area contributed by atoms with E-state index in [1.165, 1.54) is 31.2 Å². The summed E-state index contributed by atoms with van der Waals surface area (Å²) in [6.07, 6.45) is 5.05. The van der Waals surface area contributed by atoms with Gasteiger partial charge in [0.2, 0.25) is 11.8 Å². The number of rotatable bonds is 9. The van der Waals surface area contributed by atoms with Gasteiger partial charge in [-0.2, -0.15) is 5.10 Å². The van der Waals surface area contributed by atoms with Gasteiger partial charge in [0.25, 0.3) is 0 Å². The second kappa shape index (κ2) is 11.0. The number of anilines is 2. The van der Waals surface area contributed by atoms with E-state index in [-0.39, 0.29) is 6.54 Å². The Kier molecular flexibility index (Phi) is 7.12. The molecule has 1 atom stereocenters. The highest BCUT2D eigenvalue weighted by molar-refractivity contribution is 6.16. The Morgan fingerprint density at radius 1 is 0.952 bits per heavy atom. The third kappa shape index (κ3) is 5.69. The van der Waals surface area contributed by atoms with Crippen molar-refractivity contribution < 1.29 is 23.1 Å². The standard InChI is InChI=1S/C32H27F2N5O3/c1-20(33)18-39-19-22(17-36-39)21-2-11-27-28(16-21)35-15-12-29(27)42-26-9-7-25(8-10-26)38-31(41)32(13-14-32)30(40)37-24-5-3-23(34)4-6-24/h2-12,15-17,19-20H,13-14,18H2,1H3,(H,37,40)(H,38,41). The van der Waals surface area contributed by atoms with Gasteiger partial charge >= 0.3 is 0 Å². The molecular formula is C32H27F2N5O3. The lowest BCUT2D eigenvalue weighted by molar-refractivity contribution is -0.131. The summed E-state index contributed by atoms with van der Waals surface area (Å²) in [5, 5.41) is 10.6. The second-order valence-corrected chi connectivity index (χ2v) is 10.4. The summed E-state index contributed by atoms with van der Waals surface area (Å²) < 4.78 is 34.2. The van der Waals surface area contributed by atoms with Gasteiger partial charge < -0.3 is 15.4 Å². The van der Waals surface area contributed by atoms with Crippen molar-refractivity contribution in [2.24, 2.45) is 5.41 Å². The Labute approximate surface area is 240 Å². The van der Waals surface area contributed by atoms with E-state index in [2.05, 4.69) is 20.7 Å². The molecule has 10 heteroatoms. The molecule has 3 aromatic carbocycles. The molecule has 2 aromatic heterocycles. The number of carbonyl (C=O) groups is 2. The maximum absolute atomic E-state index is 13.3. The van der Waals surface area contributed by atoms with E-state index in [0.717, 1.165) is 22.0 Å². The minimum absolute atomic E-state index is 0.194. The molecule has 2 amide bonds. The Hall–Kier alpha value is -5.12. The van der Waals surface area contributed by atoms with Gasteiger partial charge in [-0.3, -0.25) is 19.3 Å². The number of amides is 2. The van der Waals surface area contributed by atoms with E-state index in [1.807, 2.05) is 18.2 Å². The fourth-order valence-electron chi connectivity index (χ4n) is 4.71. The van der Waals surface area contributed by atoms with Crippen LogP contribution in [0.1, 0.15) is 19.8 Å². The van der Waals surface area contributed by atoms with E-state index in [4.69, 9.17) is 4.74 Å². The Balaban J connectivity index is 1.11. The molecule has 1 aliphatic carbocycles. The molecular weight excluding hydrogens is 540 g/mol. The Bertz CT molecular complexity index is 1760. The van der Waals surface area contributed by atoms with Crippen LogP contribution >= 0.6 is 0 Å². The number of pyridine rings is 1. The van der Waals surface area contributed by atoms with Gasteiger partial charge in [0.05, 0.1) is 18.3 Å². The first-order valence-electron chi connectivity index (χ1n) is 13.5. The fraction of sp³-hybridized carbons (Fsp3) is 0.188. The number of fused-ring (bicyclic) bond motifs is 1. The zero-order chi connectivity index (χ0) is 29.3. The minimum atomic E-state index is -1.15. The highest BCUT2D eigenvalue weighted by Gasteiger charge is 2.56. The number of nitrogens with one attached hydrogen (secondary N) is 2. The first-order valence-corrected chi connectivity index (χ1v) is 13.5. The van der Waals surface area contributed by atoms with Crippen LogP contribution in [0.25, 0.3) is 22.0 Å². The summed E-state index contributed by atoms with van der Waals surface area (Å²) in [5.74, 6) is -0.0449. The maximum atomic E-state index is 13.3. The number of benzene rings is 3. The summed E-state index contributed by atoms with van der Waals surface area (Å²) in [5.41, 5.74) is 2.31. The number of hydrogen-bond acceptors (Lipinski definition) is 5. The van der Waals surface area contributed by atoms with E-state index >= 15 is 0 Å². The van der Waals surface area contributed by atoms with Crippen molar-refractivity contribution >= 4 is 34.1 Å². The number of ether oxygens (including phenoxy) is 1. The lowest BCUT2D eigenvalue weighted by atomic mass is 10.0.